The lowest BCUT2D eigenvalue weighted by atomic mass is 10.3. The van der Waals surface area contributed by atoms with E-state index in [2.05, 4.69) is 27.7 Å². The van der Waals surface area contributed by atoms with Crippen molar-refractivity contribution in [3.8, 4) is 0 Å². The fourth-order valence-corrected chi connectivity index (χ4v) is 9.44. The van der Waals surface area contributed by atoms with Crippen molar-refractivity contribution in [2.75, 3.05) is 30.8 Å². The van der Waals surface area contributed by atoms with Gasteiger partial charge >= 0.3 is 0 Å². The number of hydrogen-bond donors (Lipinski definition) is 0. The molecule has 0 atom stereocenters. The monoisotopic (exact) mass is 306 g/mol. The standard InChI is InChI=1S/C8H17OP.C7H15OP/c1-8(2)7-10(9)5-3-4-6-10;1-7(2)9(8)5-3-4-6-9/h8H,3-7H2,1-2H3;7H,3-6H2,1-2H3. The fourth-order valence-electron chi connectivity index (χ4n) is 3.15. The molecule has 0 aliphatic carbocycles. The lowest BCUT2D eigenvalue weighted by molar-refractivity contribution is 0.569. The molecule has 0 aromatic carbocycles. The average Bonchev–Trinajstić information content (AvgIpc) is 2.88. The molecule has 2 aliphatic rings. The maximum Gasteiger partial charge on any atom is 0.0901 e. The van der Waals surface area contributed by atoms with Crippen LogP contribution in [0.2, 0.25) is 0 Å². The van der Waals surface area contributed by atoms with Gasteiger partial charge in [0.1, 0.15) is 0 Å². The van der Waals surface area contributed by atoms with E-state index in [9.17, 15) is 9.13 Å². The van der Waals surface area contributed by atoms with Crippen molar-refractivity contribution >= 4 is 14.3 Å². The van der Waals surface area contributed by atoms with Crippen LogP contribution in [0, 0.1) is 5.92 Å². The Bertz CT molecular complexity index is 341. The van der Waals surface area contributed by atoms with Crippen molar-refractivity contribution in [3.63, 3.8) is 0 Å². The summed E-state index contributed by atoms with van der Waals surface area (Å²) in [5.41, 5.74) is 0.444. The summed E-state index contributed by atoms with van der Waals surface area (Å²) in [5, 5.41) is 0. The van der Waals surface area contributed by atoms with Gasteiger partial charge in [-0.15, -0.1) is 0 Å². The molecule has 0 amide bonds. The molecule has 2 heterocycles. The molecule has 2 fully saturated rings. The normalized spacial score (nSPS) is 24.5. The molecule has 114 valence electrons. The number of hydrogen-bond acceptors (Lipinski definition) is 2. The van der Waals surface area contributed by atoms with E-state index in [1.54, 1.807) is 0 Å². The summed E-state index contributed by atoms with van der Waals surface area (Å²) in [5.74, 6) is 0.629. The molecule has 0 unspecified atom stereocenters. The second kappa shape index (κ2) is 7.46. The predicted octanol–water partition coefficient (Wildman–Crippen LogP) is 5.35. The van der Waals surface area contributed by atoms with E-state index in [0.29, 0.717) is 11.6 Å². The molecule has 2 nitrogen and oxygen atoms in total. The van der Waals surface area contributed by atoms with E-state index in [1.807, 2.05) is 0 Å². The van der Waals surface area contributed by atoms with Crippen molar-refractivity contribution in [1.82, 2.24) is 0 Å². The third-order valence-corrected chi connectivity index (χ3v) is 12.0. The molecule has 4 heteroatoms. The Labute approximate surface area is 119 Å². The molecular formula is C15H32O2P2. The van der Waals surface area contributed by atoms with Gasteiger partial charge < -0.3 is 9.13 Å². The molecule has 0 bridgehead atoms. The van der Waals surface area contributed by atoms with E-state index in [4.69, 9.17) is 0 Å². The van der Waals surface area contributed by atoms with Crippen LogP contribution in [0.4, 0.5) is 0 Å². The summed E-state index contributed by atoms with van der Waals surface area (Å²) < 4.78 is 23.5. The van der Waals surface area contributed by atoms with Crippen LogP contribution in [0.1, 0.15) is 53.4 Å². The van der Waals surface area contributed by atoms with Crippen molar-refractivity contribution in [3.05, 3.63) is 0 Å². The molecular weight excluding hydrogens is 274 g/mol. The molecule has 0 aromatic rings. The first kappa shape index (κ1) is 17.5. The first-order valence-electron chi connectivity index (χ1n) is 7.92. The zero-order valence-corrected chi connectivity index (χ0v) is 15.0. The number of rotatable bonds is 3. The third-order valence-electron chi connectivity index (χ3n) is 4.34. The van der Waals surface area contributed by atoms with Gasteiger partial charge in [0.25, 0.3) is 0 Å². The van der Waals surface area contributed by atoms with Crippen molar-refractivity contribution < 1.29 is 9.13 Å². The summed E-state index contributed by atoms with van der Waals surface area (Å²) in [7, 11) is -3.27. The topological polar surface area (TPSA) is 34.1 Å². The van der Waals surface area contributed by atoms with Crippen LogP contribution in [0.25, 0.3) is 0 Å². The Balaban J connectivity index is 0.000000191. The average molecular weight is 306 g/mol. The minimum Gasteiger partial charge on any atom is -0.324 e. The first-order valence-corrected chi connectivity index (χ1v) is 12.3. The Morgan fingerprint density at radius 1 is 0.789 bits per heavy atom. The van der Waals surface area contributed by atoms with E-state index >= 15 is 0 Å². The second-order valence-electron chi connectivity index (χ2n) is 6.99. The highest BCUT2D eigenvalue weighted by atomic mass is 31.2. The Kier molecular flexibility index (Phi) is 6.88. The lowest BCUT2D eigenvalue weighted by Crippen LogP contribution is -1.98. The summed E-state index contributed by atoms with van der Waals surface area (Å²) >= 11 is 0. The van der Waals surface area contributed by atoms with Gasteiger partial charge in [-0.05, 0) is 31.6 Å². The van der Waals surface area contributed by atoms with Gasteiger partial charge in [0, 0.05) is 36.5 Å². The Morgan fingerprint density at radius 3 is 1.53 bits per heavy atom. The van der Waals surface area contributed by atoms with Crippen LogP contribution in [0.3, 0.4) is 0 Å². The molecule has 2 aliphatic heterocycles. The van der Waals surface area contributed by atoms with Gasteiger partial charge in [0.15, 0.2) is 0 Å². The largest absolute Gasteiger partial charge is 0.324 e. The first-order chi connectivity index (χ1) is 8.77. The summed E-state index contributed by atoms with van der Waals surface area (Å²) in [6, 6.07) is 0. The van der Waals surface area contributed by atoms with Crippen molar-refractivity contribution in [2.45, 2.75) is 59.0 Å². The minimum atomic E-state index is -1.64. The van der Waals surface area contributed by atoms with Crippen LogP contribution in [0.15, 0.2) is 0 Å². The highest BCUT2D eigenvalue weighted by Gasteiger charge is 2.29. The molecule has 0 aromatic heterocycles. The highest BCUT2D eigenvalue weighted by molar-refractivity contribution is 7.65. The smallest absolute Gasteiger partial charge is 0.0901 e. The Hall–Kier alpha value is 0.460. The maximum atomic E-state index is 11.8. The van der Waals surface area contributed by atoms with Gasteiger partial charge in [0.2, 0.25) is 0 Å². The molecule has 19 heavy (non-hydrogen) atoms. The molecule has 0 N–H and O–H groups in total. The SMILES string of the molecule is CC(C)CP1(=O)CCCC1.CC(C)P1(=O)CCCC1. The summed E-state index contributed by atoms with van der Waals surface area (Å²) in [6.07, 6.45) is 9.93. The summed E-state index contributed by atoms with van der Waals surface area (Å²) in [6.45, 7) is 8.51. The minimum absolute atomic E-state index is 0.444. The molecule has 0 radical (unpaired) electrons. The maximum absolute atomic E-state index is 11.8. The van der Waals surface area contributed by atoms with Crippen LogP contribution >= 0.6 is 14.3 Å². The van der Waals surface area contributed by atoms with Crippen molar-refractivity contribution in [1.29, 1.82) is 0 Å². The molecule has 0 saturated carbocycles. The van der Waals surface area contributed by atoms with Gasteiger partial charge in [0.05, 0.1) is 14.3 Å². The van der Waals surface area contributed by atoms with Crippen LogP contribution in [-0.2, 0) is 9.13 Å². The highest BCUT2D eigenvalue weighted by Crippen LogP contribution is 2.55. The van der Waals surface area contributed by atoms with Gasteiger partial charge in [-0.3, -0.25) is 0 Å². The van der Waals surface area contributed by atoms with E-state index in [-0.39, 0.29) is 0 Å². The van der Waals surface area contributed by atoms with Gasteiger partial charge in [-0.25, -0.2) is 0 Å². The molecule has 2 rings (SSSR count). The van der Waals surface area contributed by atoms with Crippen LogP contribution in [0.5, 0.6) is 0 Å². The third kappa shape index (κ3) is 5.76. The zero-order chi connectivity index (χ0) is 14.5. The molecule has 2 saturated heterocycles. The summed E-state index contributed by atoms with van der Waals surface area (Å²) in [4.78, 5) is 0. The second-order valence-corrected chi connectivity index (χ2v) is 14.2. The van der Waals surface area contributed by atoms with Crippen LogP contribution < -0.4 is 0 Å². The fraction of sp³-hybridized carbons (Fsp3) is 1.00. The van der Waals surface area contributed by atoms with Crippen LogP contribution in [-0.4, -0.2) is 36.5 Å². The van der Waals surface area contributed by atoms with Gasteiger partial charge in [-0.1, -0.05) is 27.7 Å². The lowest BCUT2D eigenvalue weighted by Gasteiger charge is -2.13. The van der Waals surface area contributed by atoms with Gasteiger partial charge in [-0.2, -0.15) is 0 Å². The van der Waals surface area contributed by atoms with E-state index in [1.165, 1.54) is 25.7 Å². The Morgan fingerprint density at radius 2 is 1.21 bits per heavy atom. The van der Waals surface area contributed by atoms with Crippen molar-refractivity contribution in [2.24, 2.45) is 5.92 Å². The predicted molar refractivity (Wildman–Crippen MR) is 88.0 cm³/mol. The molecule has 0 spiro atoms. The quantitative estimate of drug-likeness (QED) is 0.658. The zero-order valence-electron chi connectivity index (χ0n) is 13.2. The van der Waals surface area contributed by atoms with E-state index < -0.39 is 14.3 Å². The van der Waals surface area contributed by atoms with E-state index in [0.717, 1.165) is 30.8 Å².